The maximum absolute atomic E-state index is 5.32. The summed E-state index contributed by atoms with van der Waals surface area (Å²) in [4.78, 5) is 15.8. The summed E-state index contributed by atoms with van der Waals surface area (Å²) in [5, 5.41) is 9.60. The van der Waals surface area contributed by atoms with E-state index in [4.69, 9.17) is 15.0 Å². The molecule has 11 rings (SSSR count). The van der Waals surface area contributed by atoms with Gasteiger partial charge in [-0.3, -0.25) is 4.57 Å². The van der Waals surface area contributed by atoms with Gasteiger partial charge >= 0.3 is 0 Å². The van der Waals surface area contributed by atoms with Crippen molar-refractivity contribution in [3.05, 3.63) is 169 Å². The summed E-state index contributed by atoms with van der Waals surface area (Å²) in [6.45, 7) is 4.70. The molecule has 0 saturated carbocycles. The smallest absolute Gasteiger partial charge is 0.238 e. The average molecular weight is 665 g/mol. The van der Waals surface area contributed by atoms with Crippen LogP contribution in [0.25, 0.3) is 94.0 Å². The van der Waals surface area contributed by atoms with E-state index < -0.39 is 0 Å². The van der Waals surface area contributed by atoms with Crippen molar-refractivity contribution in [3.63, 3.8) is 0 Å². The van der Waals surface area contributed by atoms with E-state index in [9.17, 15) is 0 Å². The molecule has 244 valence electrons. The van der Waals surface area contributed by atoms with Crippen molar-refractivity contribution in [2.24, 2.45) is 0 Å². The molecule has 4 nitrogen and oxygen atoms in total. The molecule has 8 aromatic carbocycles. The molecule has 1 aliphatic carbocycles. The monoisotopic (exact) mass is 664 g/mol. The lowest BCUT2D eigenvalue weighted by molar-refractivity contribution is 0.645. The van der Waals surface area contributed by atoms with Crippen molar-refractivity contribution in [1.29, 1.82) is 0 Å². The Morgan fingerprint density at radius 1 is 0.442 bits per heavy atom. The van der Waals surface area contributed by atoms with Crippen molar-refractivity contribution in [1.82, 2.24) is 19.5 Å². The van der Waals surface area contributed by atoms with Gasteiger partial charge in [-0.1, -0.05) is 147 Å². The highest BCUT2D eigenvalue weighted by Gasteiger charge is 2.35. The molecule has 2 heterocycles. The summed E-state index contributed by atoms with van der Waals surface area (Å²) in [7, 11) is 0. The van der Waals surface area contributed by atoms with Crippen LogP contribution in [0.2, 0.25) is 0 Å². The number of para-hydroxylation sites is 1. The highest BCUT2D eigenvalue weighted by atomic mass is 15.2. The molecular formula is C48H32N4. The number of benzene rings is 8. The summed E-state index contributed by atoms with van der Waals surface area (Å²) in [5.41, 5.74) is 9.18. The largest absolute Gasteiger partial charge is 0.278 e. The summed E-state index contributed by atoms with van der Waals surface area (Å²) < 4.78 is 2.26. The van der Waals surface area contributed by atoms with E-state index in [0.29, 0.717) is 17.6 Å². The third-order valence-corrected chi connectivity index (χ3v) is 11.2. The molecule has 52 heavy (non-hydrogen) atoms. The first-order valence-electron chi connectivity index (χ1n) is 17.9. The first kappa shape index (κ1) is 29.1. The highest BCUT2D eigenvalue weighted by Crippen LogP contribution is 2.52. The Labute approximate surface area is 300 Å². The van der Waals surface area contributed by atoms with E-state index in [-0.39, 0.29) is 5.41 Å². The van der Waals surface area contributed by atoms with Crippen LogP contribution in [0.15, 0.2) is 158 Å². The third-order valence-electron chi connectivity index (χ3n) is 11.2. The second-order valence-corrected chi connectivity index (χ2v) is 14.5. The Morgan fingerprint density at radius 2 is 1.02 bits per heavy atom. The van der Waals surface area contributed by atoms with Gasteiger partial charge in [0.1, 0.15) is 0 Å². The van der Waals surface area contributed by atoms with Crippen LogP contribution in [0.4, 0.5) is 0 Å². The Kier molecular flexibility index (Phi) is 5.98. The van der Waals surface area contributed by atoms with Gasteiger partial charge in [0.25, 0.3) is 0 Å². The minimum absolute atomic E-state index is 0.132. The Bertz CT molecular complexity index is 3020. The normalized spacial score (nSPS) is 13.3. The Morgan fingerprint density at radius 3 is 1.73 bits per heavy atom. The second-order valence-electron chi connectivity index (χ2n) is 14.5. The zero-order valence-electron chi connectivity index (χ0n) is 28.8. The number of hydrogen-bond acceptors (Lipinski definition) is 3. The quantitative estimate of drug-likeness (QED) is 0.189. The van der Waals surface area contributed by atoms with Gasteiger partial charge in [0.15, 0.2) is 11.6 Å². The lowest BCUT2D eigenvalue weighted by Gasteiger charge is -2.35. The number of fused-ring (bicyclic) bond motifs is 8. The molecule has 0 radical (unpaired) electrons. The molecule has 1 aliphatic rings. The Balaban J connectivity index is 1.26. The first-order chi connectivity index (χ1) is 25.5. The molecule has 0 unspecified atom stereocenters. The molecule has 0 saturated heterocycles. The molecule has 0 fully saturated rings. The maximum atomic E-state index is 5.32. The van der Waals surface area contributed by atoms with Crippen molar-refractivity contribution < 1.29 is 0 Å². The molecule has 0 spiro atoms. The van der Waals surface area contributed by atoms with Gasteiger partial charge in [0.05, 0.1) is 11.0 Å². The van der Waals surface area contributed by atoms with Gasteiger partial charge < -0.3 is 0 Å². The van der Waals surface area contributed by atoms with Crippen LogP contribution >= 0.6 is 0 Å². The summed E-state index contributed by atoms with van der Waals surface area (Å²) in [5.74, 6) is 1.88. The minimum atomic E-state index is -0.132. The van der Waals surface area contributed by atoms with E-state index in [1.165, 1.54) is 54.6 Å². The first-order valence-corrected chi connectivity index (χ1v) is 17.9. The number of nitrogens with zero attached hydrogens (tertiary/aromatic N) is 4. The topological polar surface area (TPSA) is 43.6 Å². The van der Waals surface area contributed by atoms with Crippen molar-refractivity contribution in [3.8, 4) is 39.9 Å². The van der Waals surface area contributed by atoms with Crippen LogP contribution in [-0.2, 0) is 5.41 Å². The van der Waals surface area contributed by atoms with Crippen molar-refractivity contribution in [2.45, 2.75) is 19.3 Å². The Hall–Kier alpha value is -6.65. The van der Waals surface area contributed by atoms with Crippen molar-refractivity contribution in [2.75, 3.05) is 0 Å². The van der Waals surface area contributed by atoms with Crippen LogP contribution in [-0.4, -0.2) is 19.5 Å². The molecule has 0 amide bonds. The number of rotatable bonds is 3. The lowest BCUT2D eigenvalue weighted by atomic mass is 9.68. The van der Waals surface area contributed by atoms with E-state index >= 15 is 0 Å². The van der Waals surface area contributed by atoms with Crippen LogP contribution in [0.1, 0.15) is 25.0 Å². The molecular weight excluding hydrogens is 633 g/mol. The fourth-order valence-electron chi connectivity index (χ4n) is 8.68. The van der Waals surface area contributed by atoms with Crippen LogP contribution in [0, 0.1) is 0 Å². The molecule has 0 atom stereocenters. The van der Waals surface area contributed by atoms with Gasteiger partial charge in [0.2, 0.25) is 5.95 Å². The zero-order chi connectivity index (χ0) is 34.6. The standard InChI is InChI=1S/C48H32N4/c1-48(2)38-19-9-7-17-36(38)44-42-33(16-11-20-39(42)48)28-41-43(44)37-18-8-10-21-40(37)52(41)47-50-45(34-24-22-29-12-3-5-14-31(29)26-34)49-46(51-47)35-25-23-30-13-4-6-15-32(30)27-35/h3-28H,1-2H3. The molecule has 0 aliphatic heterocycles. The highest BCUT2D eigenvalue weighted by molar-refractivity contribution is 6.24. The second kappa shape index (κ2) is 10.7. The van der Waals surface area contributed by atoms with Gasteiger partial charge in [-0.25, -0.2) is 4.98 Å². The predicted octanol–water partition coefficient (Wildman–Crippen LogP) is 12.1. The molecule has 10 aromatic rings. The van der Waals surface area contributed by atoms with Gasteiger partial charge in [-0.2, -0.15) is 9.97 Å². The SMILES string of the molecule is CC1(C)c2ccccc2-c2c3c1cccc3cc1c2c2ccccc2n1-c1nc(-c2ccc3ccccc3c2)nc(-c2ccc3ccccc3c2)n1. The summed E-state index contributed by atoms with van der Waals surface area (Å²) in [6, 6.07) is 56.5. The van der Waals surface area contributed by atoms with Gasteiger partial charge in [-0.05, 0) is 73.3 Å². The summed E-state index contributed by atoms with van der Waals surface area (Å²) >= 11 is 0. The zero-order valence-corrected chi connectivity index (χ0v) is 28.8. The fourth-order valence-corrected chi connectivity index (χ4v) is 8.68. The van der Waals surface area contributed by atoms with Crippen LogP contribution in [0.5, 0.6) is 0 Å². The molecule has 4 heteroatoms. The molecule has 2 aromatic heterocycles. The maximum Gasteiger partial charge on any atom is 0.238 e. The minimum Gasteiger partial charge on any atom is -0.278 e. The predicted molar refractivity (Wildman–Crippen MR) is 215 cm³/mol. The molecule has 0 N–H and O–H groups in total. The fraction of sp³-hybridized carbons (Fsp3) is 0.0625. The summed E-state index contributed by atoms with van der Waals surface area (Å²) in [6.07, 6.45) is 0. The van der Waals surface area contributed by atoms with Crippen molar-refractivity contribution >= 4 is 54.1 Å². The van der Waals surface area contributed by atoms with Gasteiger partial charge in [0, 0.05) is 32.9 Å². The van der Waals surface area contributed by atoms with E-state index in [0.717, 1.165) is 32.9 Å². The number of aromatic nitrogens is 4. The molecule has 0 bridgehead atoms. The van der Waals surface area contributed by atoms with Crippen LogP contribution < -0.4 is 0 Å². The average Bonchev–Trinajstić information content (AvgIpc) is 3.52. The van der Waals surface area contributed by atoms with E-state index in [1.807, 2.05) is 0 Å². The lowest BCUT2D eigenvalue weighted by Crippen LogP contribution is -2.23. The van der Waals surface area contributed by atoms with Crippen LogP contribution in [0.3, 0.4) is 0 Å². The number of hydrogen-bond donors (Lipinski definition) is 0. The van der Waals surface area contributed by atoms with E-state index in [2.05, 4.69) is 176 Å². The third kappa shape index (κ3) is 4.12. The van der Waals surface area contributed by atoms with E-state index in [1.54, 1.807) is 0 Å². The van der Waals surface area contributed by atoms with Gasteiger partial charge in [-0.15, -0.1) is 0 Å².